The molecule has 0 saturated heterocycles. The summed E-state index contributed by atoms with van der Waals surface area (Å²) in [6.45, 7) is 2.96. The highest BCUT2D eigenvalue weighted by Crippen LogP contribution is 2.38. The van der Waals surface area contributed by atoms with Crippen molar-refractivity contribution >= 4 is 11.0 Å². The lowest BCUT2D eigenvalue weighted by molar-refractivity contribution is 0.373. The fourth-order valence-electron chi connectivity index (χ4n) is 2.70. The molecule has 0 aliphatic heterocycles. The predicted molar refractivity (Wildman–Crippen MR) is 77.2 cm³/mol. The number of hydrogen-bond acceptors (Lipinski definition) is 4. The number of nitrogens with zero attached hydrogens (tertiary/aromatic N) is 4. The Morgan fingerprint density at radius 1 is 1.24 bits per heavy atom. The highest BCUT2D eigenvalue weighted by molar-refractivity contribution is 5.76. The zero-order chi connectivity index (χ0) is 14.4. The molecular formula is C15H16N4O2. The lowest BCUT2D eigenvalue weighted by Crippen LogP contribution is -2.24. The molecule has 0 bridgehead atoms. The quantitative estimate of drug-likeness (QED) is 0.736. The topological polar surface area (TPSA) is 65.8 Å². The van der Waals surface area contributed by atoms with E-state index in [1.165, 1.54) is 0 Å². The zero-order valence-corrected chi connectivity index (χ0v) is 11.8. The van der Waals surface area contributed by atoms with E-state index in [-0.39, 0.29) is 5.69 Å². The zero-order valence-electron chi connectivity index (χ0n) is 11.8. The van der Waals surface area contributed by atoms with Gasteiger partial charge in [-0.05, 0) is 31.9 Å². The van der Waals surface area contributed by atoms with Crippen LogP contribution in [0, 0.1) is 0 Å². The van der Waals surface area contributed by atoms with Gasteiger partial charge < -0.3 is 4.52 Å². The summed E-state index contributed by atoms with van der Waals surface area (Å²) >= 11 is 0. The van der Waals surface area contributed by atoms with Crippen LogP contribution >= 0.6 is 0 Å². The van der Waals surface area contributed by atoms with Gasteiger partial charge >= 0.3 is 5.69 Å². The minimum absolute atomic E-state index is 0.0310. The van der Waals surface area contributed by atoms with Gasteiger partial charge in [0.1, 0.15) is 0 Å². The average molecular weight is 284 g/mol. The van der Waals surface area contributed by atoms with E-state index >= 15 is 0 Å². The van der Waals surface area contributed by atoms with E-state index in [2.05, 4.69) is 10.1 Å². The van der Waals surface area contributed by atoms with E-state index in [9.17, 15) is 4.79 Å². The molecule has 1 fully saturated rings. The van der Waals surface area contributed by atoms with Crippen molar-refractivity contribution in [2.75, 3.05) is 0 Å². The van der Waals surface area contributed by atoms with Crippen LogP contribution in [0.25, 0.3) is 11.0 Å². The van der Waals surface area contributed by atoms with Crippen LogP contribution in [0.2, 0.25) is 0 Å². The molecule has 1 aliphatic carbocycles. The van der Waals surface area contributed by atoms with Crippen molar-refractivity contribution in [2.24, 2.45) is 0 Å². The number of benzene rings is 1. The van der Waals surface area contributed by atoms with Crippen molar-refractivity contribution < 1.29 is 4.52 Å². The normalized spacial score (nSPS) is 14.9. The molecule has 108 valence electrons. The van der Waals surface area contributed by atoms with Gasteiger partial charge in [-0.3, -0.25) is 9.13 Å². The molecule has 3 aromatic rings. The van der Waals surface area contributed by atoms with Crippen LogP contribution in [0.4, 0.5) is 0 Å². The third-order valence-electron chi connectivity index (χ3n) is 3.95. The molecule has 1 saturated carbocycles. The Balaban J connectivity index is 1.78. The summed E-state index contributed by atoms with van der Waals surface area (Å²) in [4.78, 5) is 16.9. The van der Waals surface area contributed by atoms with Gasteiger partial charge in [0.05, 0.1) is 17.6 Å². The molecule has 0 atom stereocenters. The average Bonchev–Trinajstić information content (AvgIpc) is 3.19. The molecule has 1 aromatic carbocycles. The smallest absolute Gasteiger partial charge is 0.329 e. The Hall–Kier alpha value is -2.37. The maximum absolute atomic E-state index is 12.5. The largest absolute Gasteiger partial charge is 0.339 e. The van der Waals surface area contributed by atoms with Crippen molar-refractivity contribution in [3.63, 3.8) is 0 Å². The number of rotatable bonds is 4. The van der Waals surface area contributed by atoms with Crippen LogP contribution < -0.4 is 5.69 Å². The highest BCUT2D eigenvalue weighted by atomic mass is 16.5. The van der Waals surface area contributed by atoms with Gasteiger partial charge in [0.15, 0.2) is 5.82 Å². The molecule has 0 amide bonds. The second-order valence-corrected chi connectivity index (χ2v) is 5.42. The van der Waals surface area contributed by atoms with Gasteiger partial charge in [-0.1, -0.05) is 17.3 Å². The lowest BCUT2D eigenvalue weighted by Gasteiger charge is -1.97. The summed E-state index contributed by atoms with van der Waals surface area (Å²) in [5, 5.41) is 4.00. The van der Waals surface area contributed by atoms with Crippen molar-refractivity contribution in [2.45, 2.75) is 38.8 Å². The molecule has 6 nitrogen and oxygen atoms in total. The molecule has 0 radical (unpaired) electrons. The fraction of sp³-hybridized carbons (Fsp3) is 0.400. The summed E-state index contributed by atoms with van der Waals surface area (Å²) in [7, 11) is 0. The van der Waals surface area contributed by atoms with Crippen LogP contribution in [-0.4, -0.2) is 19.3 Å². The number of hydrogen-bond donors (Lipinski definition) is 0. The molecule has 1 aliphatic rings. The molecule has 6 heteroatoms. The van der Waals surface area contributed by atoms with Gasteiger partial charge in [0, 0.05) is 12.5 Å². The predicted octanol–water partition coefficient (Wildman–Crippen LogP) is 2.13. The van der Waals surface area contributed by atoms with E-state index in [0.29, 0.717) is 30.7 Å². The molecular weight excluding hydrogens is 268 g/mol. The Kier molecular flexibility index (Phi) is 2.70. The maximum Gasteiger partial charge on any atom is 0.329 e. The van der Waals surface area contributed by atoms with Gasteiger partial charge in [-0.25, -0.2) is 4.79 Å². The number of aromatic nitrogens is 4. The number of aryl methyl sites for hydroxylation is 1. The molecule has 4 rings (SSSR count). The van der Waals surface area contributed by atoms with Crippen LogP contribution in [-0.2, 0) is 13.1 Å². The first-order valence-electron chi connectivity index (χ1n) is 7.28. The number of para-hydroxylation sites is 2. The second kappa shape index (κ2) is 4.58. The van der Waals surface area contributed by atoms with Gasteiger partial charge in [0.2, 0.25) is 5.89 Å². The van der Waals surface area contributed by atoms with E-state index in [0.717, 1.165) is 23.9 Å². The fourth-order valence-corrected chi connectivity index (χ4v) is 2.70. The van der Waals surface area contributed by atoms with Gasteiger partial charge in [-0.15, -0.1) is 0 Å². The maximum atomic E-state index is 12.5. The Morgan fingerprint density at radius 2 is 1.95 bits per heavy atom. The highest BCUT2D eigenvalue weighted by Gasteiger charge is 2.29. The molecule has 2 aromatic heterocycles. The molecule has 21 heavy (non-hydrogen) atoms. The van der Waals surface area contributed by atoms with E-state index in [4.69, 9.17) is 4.52 Å². The van der Waals surface area contributed by atoms with Crippen LogP contribution in [0.15, 0.2) is 33.6 Å². The van der Waals surface area contributed by atoms with E-state index in [1.807, 2.05) is 31.2 Å². The SMILES string of the molecule is CCn1c(=O)n(Cc2noc(C3CC3)n2)c2ccccc21. The molecule has 0 N–H and O–H groups in total. The van der Waals surface area contributed by atoms with Crippen LogP contribution in [0.1, 0.15) is 37.4 Å². The Labute approximate surface area is 121 Å². The second-order valence-electron chi connectivity index (χ2n) is 5.42. The first-order valence-corrected chi connectivity index (χ1v) is 7.28. The van der Waals surface area contributed by atoms with Crippen LogP contribution in [0.5, 0.6) is 0 Å². The molecule has 0 spiro atoms. The summed E-state index contributed by atoms with van der Waals surface area (Å²) < 4.78 is 8.73. The standard InChI is InChI=1S/C15H16N4O2/c1-2-18-11-5-3-4-6-12(11)19(15(18)20)9-13-16-14(21-17-13)10-7-8-10/h3-6,10H,2,7-9H2,1H3. The summed E-state index contributed by atoms with van der Waals surface area (Å²) in [5.74, 6) is 1.70. The molecule has 0 unspecified atom stereocenters. The van der Waals surface area contributed by atoms with Crippen molar-refractivity contribution in [1.29, 1.82) is 0 Å². The van der Waals surface area contributed by atoms with E-state index < -0.39 is 0 Å². The Bertz CT molecular complexity index is 854. The van der Waals surface area contributed by atoms with Crippen molar-refractivity contribution in [3.05, 3.63) is 46.5 Å². The van der Waals surface area contributed by atoms with Crippen molar-refractivity contribution in [1.82, 2.24) is 19.3 Å². The minimum atomic E-state index is -0.0310. The first kappa shape index (κ1) is 12.4. The minimum Gasteiger partial charge on any atom is -0.339 e. The van der Waals surface area contributed by atoms with E-state index in [1.54, 1.807) is 9.13 Å². The third-order valence-corrected chi connectivity index (χ3v) is 3.95. The van der Waals surface area contributed by atoms with Gasteiger partial charge in [0.25, 0.3) is 0 Å². The summed E-state index contributed by atoms with van der Waals surface area (Å²) in [5.41, 5.74) is 1.81. The summed E-state index contributed by atoms with van der Waals surface area (Å²) in [6.07, 6.45) is 2.24. The number of fused-ring (bicyclic) bond motifs is 1. The van der Waals surface area contributed by atoms with Gasteiger partial charge in [-0.2, -0.15) is 4.98 Å². The van der Waals surface area contributed by atoms with Crippen molar-refractivity contribution in [3.8, 4) is 0 Å². The summed E-state index contributed by atoms with van der Waals surface area (Å²) in [6, 6.07) is 7.79. The monoisotopic (exact) mass is 284 g/mol. The first-order chi connectivity index (χ1) is 10.3. The third kappa shape index (κ3) is 1.98. The lowest BCUT2D eigenvalue weighted by atomic mass is 10.3. The Morgan fingerprint density at radius 3 is 2.62 bits per heavy atom. The number of imidazole rings is 1. The molecule has 2 heterocycles. The van der Waals surface area contributed by atoms with Crippen LogP contribution in [0.3, 0.4) is 0 Å².